The van der Waals surface area contributed by atoms with Crippen molar-refractivity contribution in [3.8, 4) is 0 Å². The zero-order valence-corrected chi connectivity index (χ0v) is 15.6. The van der Waals surface area contributed by atoms with Gasteiger partial charge in [-0.25, -0.2) is 14.8 Å². The van der Waals surface area contributed by atoms with Gasteiger partial charge in [-0.2, -0.15) is 0 Å². The third-order valence-electron chi connectivity index (χ3n) is 3.95. The molecule has 25 heavy (non-hydrogen) atoms. The van der Waals surface area contributed by atoms with Crippen LogP contribution in [0.4, 0.5) is 0 Å². The van der Waals surface area contributed by atoms with E-state index in [0.29, 0.717) is 18.7 Å². The molecule has 0 bridgehead atoms. The molecular formula is C16H21N4O4S-. The fourth-order valence-electron chi connectivity index (χ4n) is 2.44. The Bertz CT molecular complexity index is 919. The van der Waals surface area contributed by atoms with Crippen LogP contribution in [0.2, 0.25) is 0 Å². The van der Waals surface area contributed by atoms with Crippen LogP contribution in [0.25, 0.3) is 11.0 Å². The summed E-state index contributed by atoms with van der Waals surface area (Å²) in [4.78, 5) is 44.8. The predicted octanol–water partition coefficient (Wildman–Crippen LogP) is -0.00960. The van der Waals surface area contributed by atoms with Crippen molar-refractivity contribution in [2.24, 2.45) is 14.1 Å². The van der Waals surface area contributed by atoms with Crippen molar-refractivity contribution in [3.63, 3.8) is 0 Å². The standard InChI is InChI=1S/C16H22N4O4S/c1-5-7-8-10-17-12-11(14(21)20(4)16(24)19(12)3)13(18-10)25-9(6-2)15(22)23/h9H,5-8H2,1-4H3,(H,22,23)/p-1/t9-/m1/s1. The summed E-state index contributed by atoms with van der Waals surface area (Å²) in [7, 11) is 2.91. The maximum Gasteiger partial charge on any atom is 0.332 e. The minimum atomic E-state index is -1.21. The van der Waals surface area contributed by atoms with Crippen LogP contribution in [0.5, 0.6) is 0 Å². The van der Waals surface area contributed by atoms with Crippen LogP contribution < -0.4 is 16.4 Å². The smallest absolute Gasteiger partial charge is 0.332 e. The Kier molecular flexibility index (Phi) is 5.99. The highest BCUT2D eigenvalue weighted by Crippen LogP contribution is 2.28. The fourth-order valence-corrected chi connectivity index (χ4v) is 3.42. The van der Waals surface area contributed by atoms with Gasteiger partial charge in [0.2, 0.25) is 0 Å². The topological polar surface area (TPSA) is 110 Å². The number of carbonyl (C=O) groups is 1. The van der Waals surface area contributed by atoms with E-state index in [1.54, 1.807) is 6.92 Å². The third kappa shape index (κ3) is 3.76. The average Bonchev–Trinajstić information content (AvgIpc) is 2.59. The van der Waals surface area contributed by atoms with E-state index in [2.05, 4.69) is 9.97 Å². The van der Waals surface area contributed by atoms with Crippen molar-refractivity contribution in [1.82, 2.24) is 19.1 Å². The summed E-state index contributed by atoms with van der Waals surface area (Å²) in [6.45, 7) is 3.76. The van der Waals surface area contributed by atoms with Crippen LogP contribution in [0.3, 0.4) is 0 Å². The zero-order valence-electron chi connectivity index (χ0n) is 14.7. The first-order valence-electron chi connectivity index (χ1n) is 8.15. The van der Waals surface area contributed by atoms with Gasteiger partial charge < -0.3 is 9.90 Å². The Morgan fingerprint density at radius 1 is 1.20 bits per heavy atom. The van der Waals surface area contributed by atoms with E-state index in [0.717, 1.165) is 29.2 Å². The number of carbonyl (C=O) groups excluding carboxylic acids is 1. The van der Waals surface area contributed by atoms with Crippen LogP contribution in [0.15, 0.2) is 14.6 Å². The molecule has 2 heterocycles. The van der Waals surface area contributed by atoms with Crippen molar-refractivity contribution in [3.05, 3.63) is 26.7 Å². The molecule has 136 valence electrons. The molecule has 8 nitrogen and oxygen atoms in total. The number of hydrogen-bond donors (Lipinski definition) is 0. The number of aryl methyl sites for hydroxylation is 2. The van der Waals surface area contributed by atoms with Gasteiger partial charge in [-0.3, -0.25) is 13.9 Å². The molecule has 0 aliphatic heterocycles. The van der Waals surface area contributed by atoms with E-state index >= 15 is 0 Å². The van der Waals surface area contributed by atoms with Crippen molar-refractivity contribution in [1.29, 1.82) is 0 Å². The van der Waals surface area contributed by atoms with Crippen molar-refractivity contribution in [2.45, 2.75) is 49.8 Å². The van der Waals surface area contributed by atoms with E-state index in [1.165, 1.54) is 18.7 Å². The van der Waals surface area contributed by atoms with Crippen LogP contribution in [-0.4, -0.2) is 30.3 Å². The molecule has 2 aromatic heterocycles. The Hall–Kier alpha value is -2.16. The molecule has 0 aliphatic rings. The molecule has 0 aromatic carbocycles. The number of thioether (sulfide) groups is 1. The highest BCUT2D eigenvalue weighted by atomic mass is 32.2. The van der Waals surface area contributed by atoms with Crippen LogP contribution in [-0.2, 0) is 25.3 Å². The molecule has 0 saturated heterocycles. The lowest BCUT2D eigenvalue weighted by molar-refractivity contribution is -0.304. The molecule has 1 atom stereocenters. The number of unbranched alkanes of at least 4 members (excludes halogenated alkanes) is 1. The van der Waals surface area contributed by atoms with Gasteiger partial charge in [-0.15, -0.1) is 0 Å². The first kappa shape index (κ1) is 19.2. The highest BCUT2D eigenvalue weighted by Gasteiger charge is 2.20. The summed E-state index contributed by atoms with van der Waals surface area (Å²) in [6.07, 6.45) is 2.71. The molecule has 0 unspecified atom stereocenters. The Morgan fingerprint density at radius 2 is 1.88 bits per heavy atom. The number of nitrogens with zero attached hydrogens (tertiary/aromatic N) is 4. The van der Waals surface area contributed by atoms with E-state index in [4.69, 9.17) is 0 Å². The lowest BCUT2D eigenvalue weighted by Gasteiger charge is -2.17. The Labute approximate surface area is 148 Å². The SMILES string of the molecule is CCCCc1nc(S[C@H](CC)C(=O)[O-])c2c(=O)n(C)c(=O)n(C)c2n1. The van der Waals surface area contributed by atoms with Crippen molar-refractivity contribution in [2.75, 3.05) is 0 Å². The molecule has 0 aliphatic carbocycles. The lowest BCUT2D eigenvalue weighted by atomic mass is 10.2. The second kappa shape index (κ2) is 7.81. The minimum absolute atomic E-state index is 0.162. The molecule has 0 saturated carbocycles. The molecular weight excluding hydrogens is 344 g/mol. The fraction of sp³-hybridized carbons (Fsp3) is 0.562. The molecule has 0 amide bonds. The van der Waals surface area contributed by atoms with Crippen LogP contribution in [0, 0.1) is 0 Å². The van der Waals surface area contributed by atoms with Gasteiger partial charge in [-0.1, -0.05) is 32.0 Å². The molecule has 2 rings (SSSR count). The van der Waals surface area contributed by atoms with E-state index in [1.807, 2.05) is 6.92 Å². The second-order valence-corrected chi connectivity index (χ2v) is 6.98. The van der Waals surface area contributed by atoms with Gasteiger partial charge in [0.05, 0.1) is 11.2 Å². The monoisotopic (exact) mass is 365 g/mol. The van der Waals surface area contributed by atoms with Crippen LogP contribution in [0.1, 0.15) is 38.9 Å². The number of aromatic nitrogens is 4. The Balaban J connectivity index is 2.77. The average molecular weight is 365 g/mol. The van der Waals surface area contributed by atoms with Crippen LogP contribution >= 0.6 is 11.8 Å². The van der Waals surface area contributed by atoms with E-state index < -0.39 is 22.5 Å². The van der Waals surface area contributed by atoms with Gasteiger partial charge in [0.25, 0.3) is 5.56 Å². The molecule has 0 spiro atoms. The van der Waals surface area contributed by atoms with Crippen molar-refractivity contribution >= 4 is 28.8 Å². The molecule has 0 fully saturated rings. The predicted molar refractivity (Wildman–Crippen MR) is 93.6 cm³/mol. The number of carboxylic acid groups (broad SMARTS) is 1. The number of hydrogen-bond acceptors (Lipinski definition) is 7. The first-order valence-corrected chi connectivity index (χ1v) is 9.03. The van der Waals surface area contributed by atoms with Gasteiger partial charge >= 0.3 is 5.69 Å². The van der Waals surface area contributed by atoms with Gasteiger partial charge in [0.1, 0.15) is 16.2 Å². The van der Waals surface area contributed by atoms with E-state index in [9.17, 15) is 19.5 Å². The summed E-state index contributed by atoms with van der Waals surface area (Å²) in [6, 6.07) is 0. The number of fused-ring (bicyclic) bond motifs is 1. The Morgan fingerprint density at radius 3 is 2.44 bits per heavy atom. The maximum absolute atomic E-state index is 12.6. The maximum atomic E-state index is 12.6. The molecule has 0 N–H and O–H groups in total. The lowest BCUT2D eigenvalue weighted by Crippen LogP contribution is -2.38. The summed E-state index contributed by atoms with van der Waals surface area (Å²) in [5.41, 5.74) is -0.790. The highest BCUT2D eigenvalue weighted by molar-refractivity contribution is 8.00. The summed E-state index contributed by atoms with van der Waals surface area (Å²) in [5.74, 6) is -0.718. The first-order chi connectivity index (χ1) is 11.8. The summed E-state index contributed by atoms with van der Waals surface area (Å²) >= 11 is 0.969. The van der Waals surface area contributed by atoms with Gasteiger partial charge in [0, 0.05) is 20.5 Å². The largest absolute Gasteiger partial charge is 0.549 e. The normalized spacial score (nSPS) is 12.5. The molecule has 2 aromatic rings. The third-order valence-corrected chi connectivity index (χ3v) is 5.28. The zero-order chi connectivity index (χ0) is 18.7. The van der Waals surface area contributed by atoms with E-state index in [-0.39, 0.29) is 16.1 Å². The van der Waals surface area contributed by atoms with Crippen molar-refractivity contribution < 1.29 is 9.90 Å². The number of rotatable bonds is 7. The molecule has 9 heteroatoms. The minimum Gasteiger partial charge on any atom is -0.549 e. The summed E-state index contributed by atoms with van der Waals surface area (Å²) in [5, 5.41) is 10.9. The van der Waals surface area contributed by atoms with Gasteiger partial charge in [-0.05, 0) is 12.8 Å². The number of aliphatic carboxylic acids is 1. The quantitative estimate of drug-likeness (QED) is 0.501. The summed E-state index contributed by atoms with van der Waals surface area (Å²) < 4.78 is 2.26. The second-order valence-electron chi connectivity index (χ2n) is 5.79. The van der Waals surface area contributed by atoms with Gasteiger partial charge in [0.15, 0.2) is 5.65 Å². The molecule has 0 radical (unpaired) electrons. The number of carboxylic acids is 1.